The van der Waals surface area contributed by atoms with Gasteiger partial charge >= 0.3 is 0 Å². The molecule has 1 rings (SSSR count). The van der Waals surface area contributed by atoms with E-state index in [9.17, 15) is 18.8 Å². The maximum atomic E-state index is 13.3. The number of benzene rings is 1. The Hall–Kier alpha value is -2.95. The fourth-order valence-corrected chi connectivity index (χ4v) is 2.28. The summed E-state index contributed by atoms with van der Waals surface area (Å²) < 4.78 is 13.3. The summed E-state index contributed by atoms with van der Waals surface area (Å²) in [6.45, 7) is 2.84. The van der Waals surface area contributed by atoms with Gasteiger partial charge in [0.1, 0.15) is 17.9 Å². The number of hydrogen-bond donors (Lipinski definition) is 3. The van der Waals surface area contributed by atoms with Crippen molar-refractivity contribution in [3.63, 3.8) is 0 Å². The lowest BCUT2D eigenvalue weighted by molar-refractivity contribution is -0.131. The second kappa shape index (κ2) is 9.37. The van der Waals surface area contributed by atoms with Crippen LogP contribution in [0.25, 0.3) is 0 Å². The highest BCUT2D eigenvalue weighted by Gasteiger charge is 2.26. The van der Waals surface area contributed by atoms with Gasteiger partial charge in [0.25, 0.3) is 0 Å². The Morgan fingerprint density at radius 1 is 1.28 bits per heavy atom. The van der Waals surface area contributed by atoms with Crippen LogP contribution in [0.3, 0.4) is 0 Å². The Kier molecular flexibility index (Phi) is 7.53. The Bertz CT molecular complexity index is 687. The van der Waals surface area contributed by atoms with Gasteiger partial charge in [-0.05, 0) is 31.0 Å². The fourth-order valence-electron chi connectivity index (χ4n) is 2.28. The summed E-state index contributed by atoms with van der Waals surface area (Å²) in [6.07, 6.45) is 0.104. The molecule has 0 bridgehead atoms. The van der Waals surface area contributed by atoms with Gasteiger partial charge in [-0.1, -0.05) is 12.1 Å². The Morgan fingerprint density at radius 3 is 2.48 bits per heavy atom. The molecule has 0 aliphatic carbocycles. The predicted octanol–water partition coefficient (Wildman–Crippen LogP) is 0.393. The van der Waals surface area contributed by atoms with Crippen molar-refractivity contribution >= 4 is 17.7 Å². The third-order valence-corrected chi connectivity index (χ3v) is 3.49. The van der Waals surface area contributed by atoms with Crippen LogP contribution < -0.4 is 16.4 Å². The molecule has 0 spiro atoms. The van der Waals surface area contributed by atoms with Gasteiger partial charge in [0.2, 0.25) is 17.7 Å². The molecule has 0 saturated heterocycles. The lowest BCUT2D eigenvalue weighted by Crippen LogP contribution is -2.53. The van der Waals surface area contributed by atoms with Crippen LogP contribution in [0.4, 0.5) is 4.39 Å². The summed E-state index contributed by atoms with van der Waals surface area (Å²) in [5.41, 5.74) is 5.77. The lowest BCUT2D eigenvalue weighted by Gasteiger charge is -2.22. The number of amides is 3. The number of carbonyl (C=O) groups excluding carboxylic acids is 3. The second-order valence-electron chi connectivity index (χ2n) is 5.82. The van der Waals surface area contributed by atoms with Crippen molar-refractivity contribution in [2.75, 3.05) is 0 Å². The molecule has 0 aromatic heterocycles. The van der Waals surface area contributed by atoms with E-state index >= 15 is 0 Å². The van der Waals surface area contributed by atoms with Gasteiger partial charge in [-0.15, -0.1) is 0 Å². The highest BCUT2D eigenvalue weighted by molar-refractivity contribution is 5.91. The van der Waals surface area contributed by atoms with E-state index in [2.05, 4.69) is 10.6 Å². The average Bonchev–Trinajstić information content (AvgIpc) is 2.52. The normalized spacial score (nSPS) is 13.8. The third-order valence-electron chi connectivity index (χ3n) is 3.49. The first-order valence-electron chi connectivity index (χ1n) is 7.73. The molecular weight excluding hydrogens is 327 g/mol. The second-order valence-corrected chi connectivity index (χ2v) is 5.82. The lowest BCUT2D eigenvalue weighted by atomic mass is 10.0. The Balaban J connectivity index is 2.89. The smallest absolute Gasteiger partial charge is 0.243 e. The van der Waals surface area contributed by atoms with Crippen LogP contribution in [0.2, 0.25) is 0 Å². The number of primary amides is 1. The molecular formula is C17H21FN4O3. The summed E-state index contributed by atoms with van der Waals surface area (Å²) in [7, 11) is 0. The largest absolute Gasteiger partial charge is 0.368 e. The zero-order chi connectivity index (χ0) is 19.0. The first kappa shape index (κ1) is 20.1. The van der Waals surface area contributed by atoms with E-state index < -0.39 is 41.5 Å². The van der Waals surface area contributed by atoms with Gasteiger partial charge in [-0.2, -0.15) is 5.26 Å². The van der Waals surface area contributed by atoms with Gasteiger partial charge < -0.3 is 16.4 Å². The van der Waals surface area contributed by atoms with Gasteiger partial charge in [-0.25, -0.2) is 4.39 Å². The van der Waals surface area contributed by atoms with Crippen LogP contribution in [0.1, 0.15) is 25.8 Å². The molecule has 4 N–H and O–H groups in total. The number of carbonyl (C=O) groups is 3. The van der Waals surface area contributed by atoms with Crippen LogP contribution >= 0.6 is 0 Å². The molecule has 1 aromatic carbocycles. The number of nitrogens with two attached hydrogens (primary N) is 1. The molecule has 8 heteroatoms. The monoisotopic (exact) mass is 348 g/mol. The number of halogens is 1. The minimum absolute atomic E-state index is 0.0441. The van der Waals surface area contributed by atoms with Gasteiger partial charge in [0.05, 0.1) is 6.07 Å². The third kappa shape index (κ3) is 6.99. The number of hydrogen-bond acceptors (Lipinski definition) is 4. The first-order chi connectivity index (χ1) is 11.7. The SMILES string of the molecule is CC(=O)N[C@@H](Cc1cccc(F)c1)C(=O)N[C@@H](C[C@H](C)C#N)C(N)=O. The van der Waals surface area contributed by atoms with Crippen LogP contribution in [0.15, 0.2) is 24.3 Å². The molecule has 3 atom stereocenters. The summed E-state index contributed by atoms with van der Waals surface area (Å²) >= 11 is 0. The average molecular weight is 348 g/mol. The van der Waals surface area contributed by atoms with E-state index in [1.807, 2.05) is 6.07 Å². The maximum absolute atomic E-state index is 13.3. The van der Waals surface area contributed by atoms with E-state index in [-0.39, 0.29) is 12.8 Å². The van der Waals surface area contributed by atoms with Crippen molar-refractivity contribution < 1.29 is 18.8 Å². The fraction of sp³-hybridized carbons (Fsp3) is 0.412. The molecule has 0 radical (unpaired) electrons. The van der Waals surface area contributed by atoms with Crippen molar-refractivity contribution in [3.8, 4) is 6.07 Å². The molecule has 134 valence electrons. The molecule has 0 saturated carbocycles. The molecule has 0 unspecified atom stereocenters. The summed E-state index contributed by atoms with van der Waals surface area (Å²) in [5, 5.41) is 13.8. The zero-order valence-corrected chi connectivity index (χ0v) is 14.1. The molecule has 0 aliphatic heterocycles. The summed E-state index contributed by atoms with van der Waals surface area (Å²) in [4.78, 5) is 35.3. The van der Waals surface area contributed by atoms with Crippen LogP contribution in [0.5, 0.6) is 0 Å². The first-order valence-corrected chi connectivity index (χ1v) is 7.73. The van der Waals surface area contributed by atoms with Crippen LogP contribution in [-0.2, 0) is 20.8 Å². The molecule has 7 nitrogen and oxygen atoms in total. The van der Waals surface area contributed by atoms with Gasteiger partial charge in [0.15, 0.2) is 0 Å². The number of rotatable bonds is 8. The van der Waals surface area contributed by atoms with E-state index in [1.165, 1.54) is 25.1 Å². The van der Waals surface area contributed by atoms with Gasteiger partial charge in [-0.3, -0.25) is 14.4 Å². The topological polar surface area (TPSA) is 125 Å². The van der Waals surface area contributed by atoms with Crippen molar-refractivity contribution in [1.82, 2.24) is 10.6 Å². The van der Waals surface area contributed by atoms with Crippen molar-refractivity contribution in [3.05, 3.63) is 35.6 Å². The minimum Gasteiger partial charge on any atom is -0.368 e. The molecule has 0 heterocycles. The van der Waals surface area contributed by atoms with Crippen LogP contribution in [-0.4, -0.2) is 29.8 Å². The molecule has 25 heavy (non-hydrogen) atoms. The Labute approximate surface area is 145 Å². The zero-order valence-electron chi connectivity index (χ0n) is 14.1. The van der Waals surface area contributed by atoms with E-state index in [4.69, 9.17) is 11.0 Å². The molecule has 0 aliphatic rings. The number of nitriles is 1. The minimum atomic E-state index is -1.04. The van der Waals surface area contributed by atoms with Crippen molar-refractivity contribution in [2.45, 2.75) is 38.8 Å². The standard InChI is InChI=1S/C17H21FN4O3/c1-10(9-19)6-14(16(20)24)22-17(25)15(21-11(2)23)8-12-4-3-5-13(18)7-12/h3-5,7,10,14-15H,6,8H2,1-2H3,(H2,20,24)(H,21,23)(H,22,25)/t10-,14-,15-/m0/s1. The van der Waals surface area contributed by atoms with Crippen molar-refractivity contribution in [1.29, 1.82) is 5.26 Å². The molecule has 1 aromatic rings. The Morgan fingerprint density at radius 2 is 1.96 bits per heavy atom. The molecule has 0 fully saturated rings. The van der Waals surface area contributed by atoms with E-state index in [1.54, 1.807) is 13.0 Å². The van der Waals surface area contributed by atoms with Crippen LogP contribution in [0, 0.1) is 23.1 Å². The predicted molar refractivity (Wildman–Crippen MR) is 88.2 cm³/mol. The molecule has 3 amide bonds. The maximum Gasteiger partial charge on any atom is 0.243 e. The van der Waals surface area contributed by atoms with E-state index in [0.717, 1.165) is 0 Å². The highest BCUT2D eigenvalue weighted by Crippen LogP contribution is 2.09. The quantitative estimate of drug-likeness (QED) is 0.628. The highest BCUT2D eigenvalue weighted by atomic mass is 19.1. The number of nitrogens with one attached hydrogen (secondary N) is 2. The summed E-state index contributed by atoms with van der Waals surface area (Å²) in [5.74, 6) is -2.80. The number of nitrogens with zero attached hydrogens (tertiary/aromatic N) is 1. The van der Waals surface area contributed by atoms with Crippen molar-refractivity contribution in [2.24, 2.45) is 11.7 Å². The summed E-state index contributed by atoms with van der Waals surface area (Å²) in [6, 6.07) is 5.56. The van der Waals surface area contributed by atoms with Gasteiger partial charge in [0, 0.05) is 19.3 Å². The van der Waals surface area contributed by atoms with E-state index in [0.29, 0.717) is 5.56 Å².